The van der Waals surface area contributed by atoms with Crippen molar-refractivity contribution in [3.63, 3.8) is 0 Å². The third-order valence-corrected chi connectivity index (χ3v) is 7.00. The lowest BCUT2D eigenvalue weighted by Gasteiger charge is -2.69. The SMILES string of the molecule is O=C(COc1ccc(Cl)c(F)c1)NC12CC(n3cc(OCC4CC(OC(F)(F)F)C4)cn3)(C1)C2. The van der Waals surface area contributed by atoms with E-state index in [2.05, 4.69) is 15.2 Å². The lowest BCUT2D eigenvalue weighted by Crippen LogP contribution is -2.79. The molecule has 0 unspecified atom stereocenters. The predicted octanol–water partition coefficient (Wildman–Crippen LogP) is 4.20. The molecule has 4 aliphatic carbocycles. The number of nitrogens with one attached hydrogen (secondary N) is 1. The molecule has 4 saturated carbocycles. The first kappa shape index (κ1) is 23.2. The zero-order valence-corrected chi connectivity index (χ0v) is 18.7. The van der Waals surface area contributed by atoms with Gasteiger partial charge in [-0.05, 0) is 50.2 Å². The van der Waals surface area contributed by atoms with Crippen LogP contribution in [-0.4, -0.2) is 46.9 Å². The van der Waals surface area contributed by atoms with Crippen molar-refractivity contribution in [3.8, 4) is 11.5 Å². The number of hydrogen-bond donors (Lipinski definition) is 1. The quantitative estimate of drug-likeness (QED) is 0.519. The van der Waals surface area contributed by atoms with E-state index in [1.165, 1.54) is 12.1 Å². The smallest absolute Gasteiger partial charge is 0.490 e. The molecule has 0 spiro atoms. The molecule has 0 radical (unpaired) electrons. The van der Waals surface area contributed by atoms with E-state index in [0.717, 1.165) is 25.3 Å². The van der Waals surface area contributed by atoms with Gasteiger partial charge in [0.25, 0.3) is 5.91 Å². The van der Waals surface area contributed by atoms with Gasteiger partial charge in [-0.1, -0.05) is 11.6 Å². The van der Waals surface area contributed by atoms with Crippen molar-refractivity contribution in [2.24, 2.45) is 5.92 Å². The Morgan fingerprint density at radius 3 is 2.62 bits per heavy atom. The summed E-state index contributed by atoms with van der Waals surface area (Å²) in [6.07, 6.45) is 0.789. The molecule has 1 aromatic carbocycles. The van der Waals surface area contributed by atoms with E-state index in [9.17, 15) is 22.4 Å². The van der Waals surface area contributed by atoms with Gasteiger partial charge in [0.15, 0.2) is 12.4 Å². The maximum atomic E-state index is 13.5. The van der Waals surface area contributed by atoms with Crippen LogP contribution in [0.5, 0.6) is 11.5 Å². The van der Waals surface area contributed by atoms with E-state index in [1.807, 2.05) is 4.68 Å². The first-order chi connectivity index (χ1) is 16.0. The fraction of sp³-hybridized carbons (Fsp3) is 0.545. The van der Waals surface area contributed by atoms with Crippen LogP contribution < -0.4 is 14.8 Å². The Morgan fingerprint density at radius 1 is 1.21 bits per heavy atom. The Balaban J connectivity index is 1.03. The molecule has 2 bridgehead atoms. The second-order valence-corrected chi connectivity index (χ2v) is 9.81. The van der Waals surface area contributed by atoms with Crippen LogP contribution in [0, 0.1) is 11.7 Å². The largest absolute Gasteiger partial charge is 0.522 e. The summed E-state index contributed by atoms with van der Waals surface area (Å²) in [6, 6.07) is 3.98. The van der Waals surface area contributed by atoms with Crippen LogP contribution in [0.1, 0.15) is 32.1 Å². The first-order valence-electron chi connectivity index (χ1n) is 10.8. The molecule has 7 nitrogen and oxygen atoms in total. The third-order valence-electron chi connectivity index (χ3n) is 6.69. The van der Waals surface area contributed by atoms with Crippen molar-refractivity contribution in [2.75, 3.05) is 13.2 Å². The molecule has 1 heterocycles. The van der Waals surface area contributed by atoms with E-state index in [4.69, 9.17) is 21.1 Å². The molecule has 2 aromatic rings. The monoisotopic (exact) mass is 503 g/mol. The first-order valence-corrected chi connectivity index (χ1v) is 11.2. The van der Waals surface area contributed by atoms with Crippen molar-refractivity contribution in [3.05, 3.63) is 41.4 Å². The van der Waals surface area contributed by atoms with Gasteiger partial charge in [-0.3, -0.25) is 14.2 Å². The highest BCUT2D eigenvalue weighted by Gasteiger charge is 2.70. The summed E-state index contributed by atoms with van der Waals surface area (Å²) < 4.78 is 66.8. The number of nitrogens with zero attached hydrogens (tertiary/aromatic N) is 2. The van der Waals surface area contributed by atoms with Crippen molar-refractivity contribution in [2.45, 2.75) is 55.6 Å². The van der Waals surface area contributed by atoms with E-state index in [-0.39, 0.29) is 40.3 Å². The van der Waals surface area contributed by atoms with Gasteiger partial charge in [0.05, 0.1) is 35.7 Å². The second kappa shape index (κ2) is 8.30. The highest BCUT2D eigenvalue weighted by atomic mass is 35.5. The van der Waals surface area contributed by atoms with Crippen LogP contribution in [0.2, 0.25) is 5.02 Å². The Labute approximate surface area is 197 Å². The van der Waals surface area contributed by atoms with Crippen LogP contribution in [0.25, 0.3) is 0 Å². The average Bonchev–Trinajstić information content (AvgIpc) is 3.14. The van der Waals surface area contributed by atoms with E-state index in [1.54, 1.807) is 12.4 Å². The van der Waals surface area contributed by atoms with Gasteiger partial charge in [-0.25, -0.2) is 4.39 Å². The van der Waals surface area contributed by atoms with Gasteiger partial charge in [-0.2, -0.15) is 5.10 Å². The van der Waals surface area contributed by atoms with Crippen molar-refractivity contribution in [1.82, 2.24) is 15.1 Å². The van der Waals surface area contributed by atoms with Gasteiger partial charge >= 0.3 is 6.36 Å². The highest BCUT2D eigenvalue weighted by molar-refractivity contribution is 6.30. The van der Waals surface area contributed by atoms with Crippen LogP contribution in [0.3, 0.4) is 0 Å². The normalized spacial score (nSPS) is 29.4. The van der Waals surface area contributed by atoms with Crippen LogP contribution in [-0.2, 0) is 15.1 Å². The summed E-state index contributed by atoms with van der Waals surface area (Å²) in [6.45, 7) is 0.0829. The van der Waals surface area contributed by atoms with Crippen molar-refractivity contribution < 1.29 is 36.6 Å². The number of hydrogen-bond acceptors (Lipinski definition) is 5. The zero-order valence-electron chi connectivity index (χ0n) is 17.9. The molecule has 0 atom stereocenters. The van der Waals surface area contributed by atoms with Gasteiger partial charge in [0.1, 0.15) is 11.6 Å². The molecule has 34 heavy (non-hydrogen) atoms. The molecule has 1 aromatic heterocycles. The zero-order chi connectivity index (χ0) is 24.1. The molecule has 6 rings (SSSR count). The molecular weight excluding hydrogens is 482 g/mol. The minimum absolute atomic E-state index is 0.0182. The molecular formula is C22H22ClF4N3O4. The van der Waals surface area contributed by atoms with E-state index in [0.29, 0.717) is 25.2 Å². The Kier molecular flexibility index (Phi) is 5.67. The van der Waals surface area contributed by atoms with Crippen LogP contribution >= 0.6 is 11.6 Å². The molecule has 0 saturated heterocycles. The standard InChI is InChI=1S/C22H22ClF4N3O4/c23-17-2-1-14(5-18(17)24)33-9-19(31)29-20-10-21(11-20,12-20)30-7-16(6-28-30)32-8-13-3-15(4-13)34-22(25,26)27/h1-2,5-7,13,15H,3-4,8-12H2,(H,29,31). The fourth-order valence-electron chi connectivity index (χ4n) is 5.11. The van der Waals surface area contributed by atoms with Crippen LogP contribution in [0.15, 0.2) is 30.6 Å². The number of carbonyl (C=O) groups excluding carboxylic acids is 1. The molecule has 4 aliphatic rings. The molecule has 12 heteroatoms. The number of rotatable bonds is 9. The van der Waals surface area contributed by atoms with E-state index < -0.39 is 18.3 Å². The van der Waals surface area contributed by atoms with E-state index >= 15 is 0 Å². The van der Waals surface area contributed by atoms with Gasteiger partial charge in [0, 0.05) is 11.6 Å². The summed E-state index contributed by atoms with van der Waals surface area (Å²) in [5.74, 6) is -0.0971. The van der Waals surface area contributed by atoms with Gasteiger partial charge in [-0.15, -0.1) is 13.2 Å². The third kappa shape index (κ3) is 4.68. The summed E-state index contributed by atoms with van der Waals surface area (Å²) >= 11 is 5.63. The predicted molar refractivity (Wildman–Crippen MR) is 111 cm³/mol. The van der Waals surface area contributed by atoms with Crippen LogP contribution in [0.4, 0.5) is 17.6 Å². The molecule has 1 N–H and O–H groups in total. The number of benzene rings is 1. The Hall–Kier alpha value is -2.53. The number of amides is 1. The van der Waals surface area contributed by atoms with Crippen molar-refractivity contribution in [1.29, 1.82) is 0 Å². The summed E-state index contributed by atoms with van der Waals surface area (Å²) in [5, 5.41) is 7.33. The minimum Gasteiger partial charge on any atom is -0.490 e. The minimum atomic E-state index is -4.60. The summed E-state index contributed by atoms with van der Waals surface area (Å²) in [4.78, 5) is 12.3. The lowest BCUT2D eigenvalue weighted by atomic mass is 9.44. The Morgan fingerprint density at radius 2 is 1.94 bits per heavy atom. The maximum absolute atomic E-state index is 13.5. The average molecular weight is 504 g/mol. The number of aromatic nitrogens is 2. The molecule has 0 aliphatic heterocycles. The number of carbonyl (C=O) groups is 1. The lowest BCUT2D eigenvalue weighted by molar-refractivity contribution is -0.354. The van der Waals surface area contributed by atoms with Gasteiger partial charge in [0.2, 0.25) is 0 Å². The van der Waals surface area contributed by atoms with Crippen molar-refractivity contribution >= 4 is 17.5 Å². The second-order valence-electron chi connectivity index (χ2n) is 9.40. The maximum Gasteiger partial charge on any atom is 0.522 e. The highest BCUT2D eigenvalue weighted by Crippen LogP contribution is 2.65. The number of ether oxygens (including phenoxy) is 3. The Bertz CT molecular complexity index is 1070. The molecule has 184 valence electrons. The molecule has 1 amide bonds. The topological polar surface area (TPSA) is 74.6 Å². The number of halogens is 5. The number of alkyl halides is 3. The summed E-state index contributed by atoms with van der Waals surface area (Å²) in [5.41, 5.74) is -0.463. The van der Waals surface area contributed by atoms with Gasteiger partial charge < -0.3 is 14.8 Å². The fourth-order valence-corrected chi connectivity index (χ4v) is 5.22. The summed E-state index contributed by atoms with van der Waals surface area (Å²) in [7, 11) is 0. The molecule has 4 fully saturated rings.